The third-order valence-electron chi connectivity index (χ3n) is 2.24. The van der Waals surface area contributed by atoms with Crippen LogP contribution in [0.5, 0.6) is 0 Å². The van der Waals surface area contributed by atoms with Crippen molar-refractivity contribution in [2.75, 3.05) is 0 Å². The lowest BCUT2D eigenvalue weighted by Gasteiger charge is -2.08. The molecule has 0 atom stereocenters. The van der Waals surface area contributed by atoms with E-state index in [1.165, 1.54) is 30.5 Å². The van der Waals surface area contributed by atoms with E-state index in [1.54, 1.807) is 0 Å². The van der Waals surface area contributed by atoms with Gasteiger partial charge in [0.05, 0.1) is 5.56 Å². The molecule has 0 aliphatic rings. The van der Waals surface area contributed by atoms with Crippen LogP contribution in [-0.4, -0.2) is 4.98 Å². The second-order valence-electron chi connectivity index (χ2n) is 3.47. The van der Waals surface area contributed by atoms with E-state index in [4.69, 9.17) is 0 Å². The maximum Gasteiger partial charge on any atom is 0.417 e. The Kier molecular flexibility index (Phi) is 2.83. The normalized spacial score (nSPS) is 11.5. The molecule has 1 aromatic carbocycles. The second kappa shape index (κ2) is 4.16. The van der Waals surface area contributed by atoms with Gasteiger partial charge in [-0.05, 0) is 23.8 Å². The molecule has 2 rings (SSSR count). The molecule has 17 heavy (non-hydrogen) atoms. The molecule has 0 amide bonds. The summed E-state index contributed by atoms with van der Waals surface area (Å²) in [5, 5.41) is 0. The fourth-order valence-corrected chi connectivity index (χ4v) is 1.40. The molecule has 1 aromatic heterocycles. The zero-order valence-corrected chi connectivity index (χ0v) is 8.50. The topological polar surface area (TPSA) is 12.9 Å². The standard InChI is InChI=1S/C12H7F4N/c13-11-3-1-8(2-4-11)9-5-10(7-17-6-9)12(14,15)16/h1-7H. The molecule has 0 aliphatic carbocycles. The van der Waals surface area contributed by atoms with Gasteiger partial charge in [-0.3, -0.25) is 4.98 Å². The molecule has 0 aliphatic heterocycles. The van der Waals surface area contributed by atoms with Crippen molar-refractivity contribution in [1.29, 1.82) is 0 Å². The Hall–Kier alpha value is -1.91. The average Bonchev–Trinajstić information content (AvgIpc) is 2.29. The van der Waals surface area contributed by atoms with Crippen molar-refractivity contribution in [2.24, 2.45) is 0 Å². The number of hydrogen-bond acceptors (Lipinski definition) is 1. The van der Waals surface area contributed by atoms with Gasteiger partial charge in [0.2, 0.25) is 0 Å². The number of pyridine rings is 1. The quantitative estimate of drug-likeness (QED) is 0.690. The number of alkyl halides is 3. The van der Waals surface area contributed by atoms with Crippen molar-refractivity contribution < 1.29 is 17.6 Å². The van der Waals surface area contributed by atoms with E-state index in [0.717, 1.165) is 12.3 Å². The van der Waals surface area contributed by atoms with Crippen LogP contribution in [-0.2, 0) is 6.18 Å². The van der Waals surface area contributed by atoms with Gasteiger partial charge in [-0.25, -0.2) is 4.39 Å². The van der Waals surface area contributed by atoms with Crippen LogP contribution in [0.15, 0.2) is 42.7 Å². The summed E-state index contributed by atoms with van der Waals surface area (Å²) in [6.45, 7) is 0. The molecule has 0 fully saturated rings. The Bertz CT molecular complexity index is 517. The summed E-state index contributed by atoms with van der Waals surface area (Å²) in [7, 11) is 0. The van der Waals surface area contributed by atoms with Crippen LogP contribution in [0.1, 0.15) is 5.56 Å². The van der Waals surface area contributed by atoms with Crippen LogP contribution in [0, 0.1) is 5.82 Å². The predicted octanol–water partition coefficient (Wildman–Crippen LogP) is 3.91. The summed E-state index contributed by atoms with van der Waals surface area (Å²) < 4.78 is 50.0. The summed E-state index contributed by atoms with van der Waals surface area (Å²) in [6, 6.07) is 6.18. The Labute approximate surface area is 94.7 Å². The summed E-state index contributed by atoms with van der Waals surface area (Å²) in [5.41, 5.74) is -0.0239. The average molecular weight is 241 g/mol. The fourth-order valence-electron chi connectivity index (χ4n) is 1.40. The van der Waals surface area contributed by atoms with E-state index in [9.17, 15) is 17.6 Å². The van der Waals surface area contributed by atoms with Crippen molar-refractivity contribution in [3.8, 4) is 11.1 Å². The first kappa shape index (κ1) is 11.6. The van der Waals surface area contributed by atoms with Crippen LogP contribution < -0.4 is 0 Å². The number of aromatic nitrogens is 1. The molecule has 0 unspecified atom stereocenters. The highest BCUT2D eigenvalue weighted by Crippen LogP contribution is 2.31. The number of hydrogen-bond donors (Lipinski definition) is 0. The van der Waals surface area contributed by atoms with Crippen molar-refractivity contribution in [2.45, 2.75) is 6.18 Å². The predicted molar refractivity (Wildman–Crippen MR) is 54.6 cm³/mol. The Morgan fingerprint density at radius 2 is 1.53 bits per heavy atom. The van der Waals surface area contributed by atoms with Gasteiger partial charge < -0.3 is 0 Å². The van der Waals surface area contributed by atoms with Gasteiger partial charge in [-0.2, -0.15) is 13.2 Å². The highest BCUT2D eigenvalue weighted by atomic mass is 19.4. The van der Waals surface area contributed by atoms with Gasteiger partial charge in [0.1, 0.15) is 5.82 Å². The number of rotatable bonds is 1. The second-order valence-corrected chi connectivity index (χ2v) is 3.47. The van der Waals surface area contributed by atoms with Gasteiger partial charge in [0, 0.05) is 18.0 Å². The molecule has 0 spiro atoms. The van der Waals surface area contributed by atoms with E-state index in [2.05, 4.69) is 4.98 Å². The fraction of sp³-hybridized carbons (Fsp3) is 0.0833. The van der Waals surface area contributed by atoms with Gasteiger partial charge in [-0.1, -0.05) is 12.1 Å². The number of benzene rings is 1. The number of nitrogens with zero attached hydrogens (tertiary/aromatic N) is 1. The van der Waals surface area contributed by atoms with Gasteiger partial charge in [0.15, 0.2) is 0 Å². The molecule has 1 heterocycles. The molecule has 0 N–H and O–H groups in total. The zero-order chi connectivity index (χ0) is 12.5. The minimum atomic E-state index is -4.43. The van der Waals surface area contributed by atoms with E-state index in [0.29, 0.717) is 11.1 Å². The van der Waals surface area contributed by atoms with Crippen LogP contribution in [0.4, 0.5) is 17.6 Å². The molecule has 0 saturated carbocycles. The highest BCUT2D eigenvalue weighted by Gasteiger charge is 2.31. The first-order valence-electron chi connectivity index (χ1n) is 4.75. The lowest BCUT2D eigenvalue weighted by atomic mass is 10.1. The zero-order valence-electron chi connectivity index (χ0n) is 8.50. The minimum Gasteiger partial charge on any atom is -0.263 e. The molecule has 88 valence electrons. The highest BCUT2D eigenvalue weighted by molar-refractivity contribution is 5.63. The Balaban J connectivity index is 2.43. The Morgan fingerprint density at radius 1 is 0.882 bits per heavy atom. The van der Waals surface area contributed by atoms with Crippen LogP contribution in [0.2, 0.25) is 0 Å². The molecule has 1 nitrogen and oxygen atoms in total. The first-order valence-corrected chi connectivity index (χ1v) is 4.75. The molecule has 0 radical (unpaired) electrons. The van der Waals surface area contributed by atoms with Crippen LogP contribution >= 0.6 is 0 Å². The van der Waals surface area contributed by atoms with E-state index < -0.39 is 17.6 Å². The largest absolute Gasteiger partial charge is 0.417 e. The first-order chi connectivity index (χ1) is 7.97. The van der Waals surface area contributed by atoms with E-state index in [1.807, 2.05) is 0 Å². The maximum absolute atomic E-state index is 12.7. The molecular weight excluding hydrogens is 234 g/mol. The van der Waals surface area contributed by atoms with Crippen LogP contribution in [0.3, 0.4) is 0 Å². The van der Waals surface area contributed by atoms with Crippen molar-refractivity contribution in [3.63, 3.8) is 0 Å². The summed E-state index contributed by atoms with van der Waals surface area (Å²) in [4.78, 5) is 3.54. The summed E-state index contributed by atoms with van der Waals surface area (Å²) in [5.74, 6) is -0.436. The molecule has 5 heteroatoms. The van der Waals surface area contributed by atoms with E-state index >= 15 is 0 Å². The van der Waals surface area contributed by atoms with Gasteiger partial charge >= 0.3 is 6.18 Å². The molecule has 0 bridgehead atoms. The third kappa shape index (κ3) is 2.61. The minimum absolute atomic E-state index is 0.305. The summed E-state index contributed by atoms with van der Waals surface area (Å²) >= 11 is 0. The monoisotopic (exact) mass is 241 g/mol. The van der Waals surface area contributed by atoms with Crippen molar-refractivity contribution in [3.05, 3.63) is 54.1 Å². The SMILES string of the molecule is Fc1ccc(-c2cncc(C(F)(F)F)c2)cc1. The van der Waals surface area contributed by atoms with E-state index in [-0.39, 0.29) is 0 Å². The van der Waals surface area contributed by atoms with Gasteiger partial charge in [-0.15, -0.1) is 0 Å². The number of halogens is 4. The lowest BCUT2D eigenvalue weighted by molar-refractivity contribution is -0.137. The molecular formula is C12H7F4N. The molecule has 0 saturated heterocycles. The van der Waals surface area contributed by atoms with Crippen molar-refractivity contribution >= 4 is 0 Å². The van der Waals surface area contributed by atoms with Crippen LogP contribution in [0.25, 0.3) is 11.1 Å². The molecule has 2 aromatic rings. The smallest absolute Gasteiger partial charge is 0.263 e. The lowest BCUT2D eigenvalue weighted by Crippen LogP contribution is -2.05. The summed E-state index contributed by atoms with van der Waals surface area (Å²) in [6.07, 6.45) is -2.36. The third-order valence-corrected chi connectivity index (χ3v) is 2.24. The van der Waals surface area contributed by atoms with Gasteiger partial charge in [0.25, 0.3) is 0 Å². The maximum atomic E-state index is 12.7. The van der Waals surface area contributed by atoms with Crippen molar-refractivity contribution in [1.82, 2.24) is 4.98 Å². The Morgan fingerprint density at radius 3 is 2.12 bits per heavy atom.